The van der Waals surface area contributed by atoms with E-state index in [4.69, 9.17) is 14.0 Å². The van der Waals surface area contributed by atoms with Gasteiger partial charge in [-0.3, -0.25) is 0 Å². The van der Waals surface area contributed by atoms with Crippen molar-refractivity contribution in [3.63, 3.8) is 0 Å². The average Bonchev–Trinajstić information content (AvgIpc) is 3.56. The molecule has 0 aromatic rings. The summed E-state index contributed by atoms with van der Waals surface area (Å²) in [5, 5.41) is 0. The molecule has 0 amide bonds. The SMILES string of the molecule is CCCCCCCCCCCCCCCCCCOCC(CCP(=O)([O-])OCC[N+]1(C)CC1)OC. The normalized spacial score (nSPS) is 17.4. The summed E-state index contributed by atoms with van der Waals surface area (Å²) in [4.78, 5) is 12.1. The van der Waals surface area contributed by atoms with Gasteiger partial charge in [-0.2, -0.15) is 0 Å². The molecule has 0 radical (unpaired) electrons. The first-order valence-corrected chi connectivity index (χ1v) is 16.5. The van der Waals surface area contributed by atoms with Crippen LogP contribution < -0.4 is 4.89 Å². The first-order valence-electron chi connectivity index (χ1n) is 14.8. The number of nitrogens with zero attached hydrogens (tertiary/aromatic N) is 1. The standard InChI is InChI=1S/C28H58NO5P/c1-4-5-6-7-8-9-10-11-12-13-14-15-16-17-18-19-24-33-27-28(32-3)20-26-35(30,31)34-25-23-29(2)21-22-29/h28H,4-27H2,1-3H3. The molecule has 1 saturated heterocycles. The van der Waals surface area contributed by atoms with E-state index in [-0.39, 0.29) is 18.9 Å². The number of methoxy groups -OCH3 is 1. The van der Waals surface area contributed by atoms with E-state index in [0.717, 1.165) is 37.1 Å². The second-order valence-electron chi connectivity index (χ2n) is 11.0. The highest BCUT2D eigenvalue weighted by Gasteiger charge is 2.36. The van der Waals surface area contributed by atoms with E-state index in [1.807, 2.05) is 0 Å². The number of quaternary nitrogens is 1. The van der Waals surface area contributed by atoms with Gasteiger partial charge in [0.05, 0.1) is 19.8 Å². The summed E-state index contributed by atoms with van der Waals surface area (Å²) in [5.41, 5.74) is 0. The van der Waals surface area contributed by atoms with E-state index in [0.29, 0.717) is 13.0 Å². The van der Waals surface area contributed by atoms with Crippen LogP contribution in [0.2, 0.25) is 0 Å². The maximum Gasteiger partial charge on any atom is 0.135 e. The van der Waals surface area contributed by atoms with Crippen molar-refractivity contribution in [2.45, 2.75) is 122 Å². The summed E-state index contributed by atoms with van der Waals surface area (Å²) in [5.74, 6) is 0. The van der Waals surface area contributed by atoms with Crippen LogP contribution in [0.5, 0.6) is 0 Å². The Bertz CT molecular complexity index is 529. The molecule has 6 nitrogen and oxygen atoms in total. The van der Waals surface area contributed by atoms with Crippen LogP contribution in [0, 0.1) is 0 Å². The van der Waals surface area contributed by atoms with Crippen LogP contribution in [0.15, 0.2) is 0 Å². The van der Waals surface area contributed by atoms with Crippen LogP contribution in [0.3, 0.4) is 0 Å². The van der Waals surface area contributed by atoms with Gasteiger partial charge in [-0.15, -0.1) is 0 Å². The van der Waals surface area contributed by atoms with Gasteiger partial charge >= 0.3 is 0 Å². The van der Waals surface area contributed by atoms with Crippen molar-refractivity contribution < 1.29 is 27.9 Å². The van der Waals surface area contributed by atoms with Crippen LogP contribution in [0.25, 0.3) is 0 Å². The van der Waals surface area contributed by atoms with Crippen molar-refractivity contribution in [2.75, 3.05) is 59.8 Å². The zero-order valence-corrected chi connectivity index (χ0v) is 24.4. The van der Waals surface area contributed by atoms with Crippen molar-refractivity contribution in [2.24, 2.45) is 0 Å². The molecular weight excluding hydrogens is 461 g/mol. The van der Waals surface area contributed by atoms with Crippen LogP contribution in [-0.2, 0) is 18.6 Å². The molecule has 0 spiro atoms. The fraction of sp³-hybridized carbons (Fsp3) is 1.00. The minimum absolute atomic E-state index is 0.0115. The number of hydrogen-bond donors (Lipinski definition) is 0. The average molecular weight is 520 g/mol. The van der Waals surface area contributed by atoms with Crippen LogP contribution in [0.1, 0.15) is 116 Å². The van der Waals surface area contributed by atoms with Gasteiger partial charge in [0.15, 0.2) is 0 Å². The Balaban J connectivity index is 1.83. The van der Waals surface area contributed by atoms with Crippen molar-refractivity contribution in [3.05, 3.63) is 0 Å². The lowest BCUT2D eigenvalue weighted by Crippen LogP contribution is -2.26. The fourth-order valence-electron chi connectivity index (χ4n) is 4.40. The van der Waals surface area contributed by atoms with Gasteiger partial charge in [0.1, 0.15) is 33.8 Å². The van der Waals surface area contributed by atoms with Gasteiger partial charge in [0.25, 0.3) is 0 Å². The van der Waals surface area contributed by atoms with Crippen molar-refractivity contribution >= 4 is 7.60 Å². The van der Waals surface area contributed by atoms with E-state index < -0.39 is 7.60 Å². The monoisotopic (exact) mass is 519 g/mol. The highest BCUT2D eigenvalue weighted by molar-refractivity contribution is 7.51. The van der Waals surface area contributed by atoms with E-state index in [1.165, 1.54) is 96.3 Å². The van der Waals surface area contributed by atoms with Gasteiger partial charge in [-0.25, -0.2) is 0 Å². The van der Waals surface area contributed by atoms with Gasteiger partial charge < -0.3 is 27.9 Å². The molecule has 210 valence electrons. The number of hydrogen-bond acceptors (Lipinski definition) is 5. The lowest BCUT2D eigenvalue weighted by atomic mass is 10.0. The molecule has 1 fully saturated rings. The van der Waals surface area contributed by atoms with Crippen molar-refractivity contribution in [3.8, 4) is 0 Å². The molecule has 2 unspecified atom stereocenters. The molecule has 35 heavy (non-hydrogen) atoms. The Kier molecular flexibility index (Phi) is 19.9. The molecule has 0 aliphatic carbocycles. The highest BCUT2D eigenvalue weighted by atomic mass is 31.2. The molecule has 0 bridgehead atoms. The van der Waals surface area contributed by atoms with Gasteiger partial charge in [-0.1, -0.05) is 103 Å². The molecule has 0 aromatic carbocycles. The van der Waals surface area contributed by atoms with E-state index in [9.17, 15) is 9.46 Å². The molecule has 1 heterocycles. The predicted molar refractivity (Wildman–Crippen MR) is 145 cm³/mol. The maximum absolute atomic E-state index is 12.1. The quantitative estimate of drug-likeness (QED) is 0.0523. The van der Waals surface area contributed by atoms with E-state index in [2.05, 4.69) is 14.0 Å². The molecule has 7 heteroatoms. The third-order valence-electron chi connectivity index (χ3n) is 7.41. The molecule has 0 N–H and O–H groups in total. The largest absolute Gasteiger partial charge is 0.778 e. The predicted octanol–water partition coefficient (Wildman–Crippen LogP) is 6.70. The smallest absolute Gasteiger partial charge is 0.135 e. The van der Waals surface area contributed by atoms with Crippen molar-refractivity contribution in [1.82, 2.24) is 0 Å². The molecule has 2 atom stereocenters. The zero-order valence-electron chi connectivity index (χ0n) is 23.5. The fourth-order valence-corrected chi connectivity index (χ4v) is 5.49. The summed E-state index contributed by atoms with van der Waals surface area (Å²) in [6.07, 6.45) is 22.0. The zero-order chi connectivity index (χ0) is 25.7. The topological polar surface area (TPSA) is 67.8 Å². The molecule has 0 aromatic heterocycles. The Hall–Kier alpha value is 0.0300. The Morgan fingerprint density at radius 3 is 1.74 bits per heavy atom. The third kappa shape index (κ3) is 20.7. The minimum Gasteiger partial charge on any atom is -0.778 e. The Morgan fingerprint density at radius 1 is 0.800 bits per heavy atom. The molecule has 1 aliphatic rings. The van der Waals surface area contributed by atoms with E-state index >= 15 is 0 Å². The lowest BCUT2D eigenvalue weighted by Gasteiger charge is -2.26. The summed E-state index contributed by atoms with van der Waals surface area (Å²) >= 11 is 0. The van der Waals surface area contributed by atoms with Crippen LogP contribution >= 0.6 is 7.60 Å². The second-order valence-corrected chi connectivity index (χ2v) is 12.9. The Morgan fingerprint density at radius 2 is 1.29 bits per heavy atom. The van der Waals surface area contributed by atoms with Crippen molar-refractivity contribution in [1.29, 1.82) is 0 Å². The third-order valence-corrected chi connectivity index (χ3v) is 8.79. The molecule has 0 saturated carbocycles. The summed E-state index contributed by atoms with van der Waals surface area (Å²) in [7, 11) is -0.0543. The summed E-state index contributed by atoms with van der Waals surface area (Å²) < 4.78 is 29.3. The number of ether oxygens (including phenoxy) is 2. The first kappa shape index (κ1) is 33.1. The second kappa shape index (κ2) is 21.0. The van der Waals surface area contributed by atoms with Gasteiger partial charge in [0, 0.05) is 19.9 Å². The van der Waals surface area contributed by atoms with Gasteiger partial charge in [0.2, 0.25) is 0 Å². The molecule has 1 aliphatic heterocycles. The summed E-state index contributed by atoms with van der Waals surface area (Å²) in [6, 6.07) is 0. The Labute approximate surface area is 217 Å². The maximum atomic E-state index is 12.1. The first-order chi connectivity index (χ1) is 16.9. The highest BCUT2D eigenvalue weighted by Crippen LogP contribution is 2.38. The minimum atomic E-state index is -3.79. The number of likely N-dealkylation sites (N-methyl/N-ethyl adjacent to an activating group) is 1. The molecule has 1 rings (SSSR count). The van der Waals surface area contributed by atoms with E-state index in [1.54, 1.807) is 7.11 Å². The van der Waals surface area contributed by atoms with Gasteiger partial charge in [-0.05, 0) is 12.8 Å². The number of unbranched alkanes of at least 4 members (excludes halogenated alkanes) is 15. The molecular formula is C28H58NO5P. The number of rotatable bonds is 27. The van der Waals surface area contributed by atoms with Crippen LogP contribution in [-0.4, -0.2) is 70.4 Å². The van der Waals surface area contributed by atoms with Crippen LogP contribution in [0.4, 0.5) is 0 Å². The summed E-state index contributed by atoms with van der Waals surface area (Å²) in [6.45, 7) is 6.74. The lowest BCUT2D eigenvalue weighted by molar-refractivity contribution is -0.777.